The highest BCUT2D eigenvalue weighted by molar-refractivity contribution is 7.39. The van der Waals surface area contributed by atoms with Crippen LogP contribution in [-0.4, -0.2) is 6.71 Å². The zero-order chi connectivity index (χ0) is 25.5. The predicted molar refractivity (Wildman–Crippen MR) is 173 cm³/mol. The summed E-state index contributed by atoms with van der Waals surface area (Å²) in [6, 6.07) is 31.8. The standard InChI is InChI=1S/C35H25BS2/c1-20-14-21(2)33(22(3)15-20)36-34-27(29-16-23-8-4-6-10-25(23)18-31(29)37-34)12-13-28-30-17-24-9-5-7-11-26(24)19-32(30)38-35(28)36/h4-19H,1-3H3. The van der Waals surface area contributed by atoms with E-state index < -0.39 is 0 Å². The highest BCUT2D eigenvalue weighted by Gasteiger charge is 2.35. The molecule has 1 aliphatic heterocycles. The SMILES string of the molecule is Cc1cc(C)c(B2c3sc4cc5ccccc5cc4c3C=Cc3c2sc2cc4ccccc4cc32)c(C)c1. The van der Waals surface area contributed by atoms with Crippen molar-refractivity contribution in [3.05, 3.63) is 113 Å². The molecule has 7 aromatic rings. The van der Waals surface area contributed by atoms with E-state index in [4.69, 9.17) is 0 Å². The van der Waals surface area contributed by atoms with Crippen molar-refractivity contribution in [2.45, 2.75) is 20.8 Å². The van der Waals surface area contributed by atoms with E-state index in [1.807, 2.05) is 22.7 Å². The Labute approximate surface area is 231 Å². The van der Waals surface area contributed by atoms with Gasteiger partial charge in [0.25, 0.3) is 6.71 Å². The van der Waals surface area contributed by atoms with E-state index in [0.717, 1.165) is 0 Å². The van der Waals surface area contributed by atoms with Crippen LogP contribution in [0.15, 0.2) is 84.9 Å². The summed E-state index contributed by atoms with van der Waals surface area (Å²) in [4.78, 5) is 0. The number of benzene rings is 5. The number of aryl methyl sites for hydroxylation is 3. The van der Waals surface area contributed by atoms with Gasteiger partial charge in [-0.1, -0.05) is 95.0 Å². The Balaban J connectivity index is 1.49. The first-order valence-corrected chi connectivity index (χ1v) is 14.8. The Morgan fingerprint density at radius 3 is 1.39 bits per heavy atom. The van der Waals surface area contributed by atoms with Crippen molar-refractivity contribution in [2.24, 2.45) is 0 Å². The van der Waals surface area contributed by atoms with Gasteiger partial charge in [-0.25, -0.2) is 0 Å². The maximum Gasteiger partial charge on any atom is 0.268 e. The van der Waals surface area contributed by atoms with Crippen molar-refractivity contribution in [1.82, 2.24) is 0 Å². The van der Waals surface area contributed by atoms with Crippen LogP contribution in [0.4, 0.5) is 0 Å². The molecule has 0 nitrogen and oxygen atoms in total. The van der Waals surface area contributed by atoms with Crippen LogP contribution in [-0.2, 0) is 0 Å². The third-order valence-electron chi connectivity index (χ3n) is 8.21. The molecule has 0 spiro atoms. The van der Waals surface area contributed by atoms with Crippen LogP contribution < -0.4 is 15.0 Å². The third-order valence-corrected chi connectivity index (χ3v) is 10.7. The molecule has 0 amide bonds. The van der Waals surface area contributed by atoms with Gasteiger partial charge in [0.15, 0.2) is 0 Å². The average Bonchev–Trinajstić information content (AvgIpc) is 3.38. The minimum absolute atomic E-state index is 0.219. The Hall–Kier alpha value is -3.66. The molecule has 0 saturated carbocycles. The molecule has 5 aromatic carbocycles. The van der Waals surface area contributed by atoms with Crippen molar-refractivity contribution in [3.8, 4) is 0 Å². The highest BCUT2D eigenvalue weighted by atomic mass is 32.1. The molecule has 3 heteroatoms. The van der Waals surface area contributed by atoms with E-state index in [9.17, 15) is 0 Å². The number of hydrogen-bond donors (Lipinski definition) is 0. The first kappa shape index (κ1) is 22.3. The van der Waals surface area contributed by atoms with Crippen LogP contribution in [0.1, 0.15) is 27.8 Å². The minimum atomic E-state index is 0.219. The second-order valence-corrected chi connectivity index (χ2v) is 12.9. The normalized spacial score (nSPS) is 13.0. The molecule has 180 valence electrons. The van der Waals surface area contributed by atoms with Crippen LogP contribution in [0.3, 0.4) is 0 Å². The van der Waals surface area contributed by atoms with Crippen LogP contribution in [0.5, 0.6) is 0 Å². The molecule has 0 saturated heterocycles. The lowest BCUT2D eigenvalue weighted by molar-refractivity contribution is 1.35. The summed E-state index contributed by atoms with van der Waals surface area (Å²) < 4.78 is 5.69. The maximum absolute atomic E-state index is 2.40. The van der Waals surface area contributed by atoms with Crippen LogP contribution in [0.25, 0.3) is 53.9 Å². The zero-order valence-electron chi connectivity index (χ0n) is 21.6. The van der Waals surface area contributed by atoms with Crippen molar-refractivity contribution >= 4 is 98.3 Å². The molecule has 2 aromatic heterocycles. The molecule has 0 unspecified atom stereocenters. The van der Waals surface area contributed by atoms with Gasteiger partial charge in [0, 0.05) is 9.40 Å². The fourth-order valence-electron chi connectivity index (χ4n) is 6.61. The molecule has 8 rings (SSSR count). The topological polar surface area (TPSA) is 0 Å². The second-order valence-electron chi connectivity index (χ2n) is 10.7. The molecule has 0 fully saturated rings. The molecule has 3 heterocycles. The quantitative estimate of drug-likeness (QED) is 0.191. The van der Waals surface area contributed by atoms with Crippen molar-refractivity contribution in [1.29, 1.82) is 0 Å². The Bertz CT molecular complexity index is 1980. The molecule has 0 bridgehead atoms. The molecular weight excluding hydrogens is 495 g/mol. The fraction of sp³-hybridized carbons (Fsp3) is 0.0857. The summed E-state index contributed by atoms with van der Waals surface area (Å²) >= 11 is 3.97. The fourth-order valence-corrected chi connectivity index (χ4v) is 9.37. The van der Waals surface area contributed by atoms with E-state index in [1.54, 1.807) is 0 Å². The van der Waals surface area contributed by atoms with E-state index in [0.29, 0.717) is 0 Å². The summed E-state index contributed by atoms with van der Waals surface area (Å²) in [5.74, 6) is 0. The molecule has 0 atom stereocenters. The zero-order valence-corrected chi connectivity index (χ0v) is 23.3. The molecule has 0 radical (unpaired) electrons. The van der Waals surface area contributed by atoms with Gasteiger partial charge in [-0.15, -0.1) is 22.7 Å². The van der Waals surface area contributed by atoms with Gasteiger partial charge in [-0.05, 0) is 98.0 Å². The number of thiophene rings is 2. The summed E-state index contributed by atoms with van der Waals surface area (Å²) in [7, 11) is 0. The Morgan fingerprint density at radius 1 is 0.526 bits per heavy atom. The summed E-state index contributed by atoms with van der Waals surface area (Å²) in [5.41, 5.74) is 8.35. The Morgan fingerprint density at radius 2 is 0.947 bits per heavy atom. The molecule has 0 N–H and O–H groups in total. The summed E-state index contributed by atoms with van der Waals surface area (Å²) in [5, 5.41) is 7.99. The van der Waals surface area contributed by atoms with Gasteiger partial charge in [0.2, 0.25) is 0 Å². The van der Waals surface area contributed by atoms with Crippen LogP contribution >= 0.6 is 22.7 Å². The molecule has 0 aliphatic carbocycles. The smallest absolute Gasteiger partial charge is 0.149 e. The summed E-state index contributed by atoms with van der Waals surface area (Å²) in [6.07, 6.45) is 4.81. The second kappa shape index (κ2) is 8.17. The lowest BCUT2D eigenvalue weighted by Crippen LogP contribution is -2.53. The lowest BCUT2D eigenvalue weighted by Gasteiger charge is -2.19. The van der Waals surface area contributed by atoms with E-state index >= 15 is 0 Å². The summed E-state index contributed by atoms with van der Waals surface area (Å²) in [6.45, 7) is 7.04. The minimum Gasteiger partial charge on any atom is -0.149 e. The highest BCUT2D eigenvalue weighted by Crippen LogP contribution is 2.36. The van der Waals surface area contributed by atoms with E-state index in [1.165, 1.54) is 84.6 Å². The van der Waals surface area contributed by atoms with Gasteiger partial charge in [-0.2, -0.15) is 0 Å². The van der Waals surface area contributed by atoms with Crippen molar-refractivity contribution in [2.75, 3.05) is 0 Å². The van der Waals surface area contributed by atoms with Gasteiger partial charge in [0.1, 0.15) is 0 Å². The molecular formula is C35H25BS2. The first-order valence-electron chi connectivity index (χ1n) is 13.2. The molecule has 38 heavy (non-hydrogen) atoms. The maximum atomic E-state index is 2.40. The van der Waals surface area contributed by atoms with Crippen LogP contribution in [0.2, 0.25) is 0 Å². The predicted octanol–water partition coefficient (Wildman–Crippen LogP) is 8.35. The van der Waals surface area contributed by atoms with Gasteiger partial charge in [-0.3, -0.25) is 0 Å². The number of fused-ring (bicyclic) bond motifs is 8. The number of rotatable bonds is 1. The van der Waals surface area contributed by atoms with Gasteiger partial charge >= 0.3 is 0 Å². The van der Waals surface area contributed by atoms with Crippen molar-refractivity contribution < 1.29 is 0 Å². The van der Waals surface area contributed by atoms with E-state index in [-0.39, 0.29) is 6.71 Å². The monoisotopic (exact) mass is 520 g/mol. The Kier molecular flexibility index (Phi) is 4.80. The third kappa shape index (κ3) is 3.22. The molecule has 1 aliphatic rings. The largest absolute Gasteiger partial charge is 0.268 e. The van der Waals surface area contributed by atoms with Crippen LogP contribution in [0, 0.1) is 20.8 Å². The lowest BCUT2D eigenvalue weighted by atomic mass is 9.40. The van der Waals surface area contributed by atoms with E-state index in [2.05, 4.69) is 118 Å². The van der Waals surface area contributed by atoms with Gasteiger partial charge in [0.05, 0.1) is 0 Å². The first-order chi connectivity index (χ1) is 18.5. The average molecular weight is 521 g/mol. The van der Waals surface area contributed by atoms with Crippen molar-refractivity contribution in [3.63, 3.8) is 0 Å². The van der Waals surface area contributed by atoms with Gasteiger partial charge < -0.3 is 0 Å². The number of hydrogen-bond acceptors (Lipinski definition) is 2.